The Kier molecular flexibility index (Phi) is 4.85. The first-order valence-electron chi connectivity index (χ1n) is 7.41. The Morgan fingerprint density at radius 3 is 2.62 bits per heavy atom. The van der Waals surface area contributed by atoms with Crippen molar-refractivity contribution < 1.29 is 14.6 Å². The summed E-state index contributed by atoms with van der Waals surface area (Å²) in [6, 6.07) is 2.99. The van der Waals surface area contributed by atoms with E-state index < -0.39 is 12.0 Å². The molecule has 4 nitrogen and oxygen atoms in total. The molecule has 0 saturated heterocycles. The summed E-state index contributed by atoms with van der Waals surface area (Å²) in [6.07, 6.45) is 1.70. The van der Waals surface area contributed by atoms with Gasteiger partial charge in [0, 0.05) is 17.8 Å². The van der Waals surface area contributed by atoms with Gasteiger partial charge < -0.3 is 20.8 Å². The lowest BCUT2D eigenvalue weighted by Gasteiger charge is -2.37. The number of fused-ring (bicyclic) bond motifs is 1. The number of hydrogen-bond donors (Lipinski definition) is 3. The zero-order valence-corrected chi connectivity index (χ0v) is 12.6. The van der Waals surface area contributed by atoms with Gasteiger partial charge in [-0.2, -0.15) is 0 Å². The summed E-state index contributed by atoms with van der Waals surface area (Å²) in [6.45, 7) is 4.25. The molecule has 0 amide bonds. The molecule has 21 heavy (non-hydrogen) atoms. The third-order valence-electron chi connectivity index (χ3n) is 3.98. The van der Waals surface area contributed by atoms with Crippen molar-refractivity contribution in [1.82, 2.24) is 0 Å². The molecule has 1 aliphatic rings. The third kappa shape index (κ3) is 2.76. The molecule has 0 radical (unpaired) electrons. The van der Waals surface area contributed by atoms with Crippen molar-refractivity contribution in [3.8, 4) is 0 Å². The van der Waals surface area contributed by atoms with Crippen molar-refractivity contribution in [3.05, 3.63) is 34.6 Å². The van der Waals surface area contributed by atoms with Gasteiger partial charge in [-0.25, -0.2) is 4.39 Å². The fraction of sp³-hybridized carbons (Fsp3) is 0.500. The minimum absolute atomic E-state index is 0.246. The van der Waals surface area contributed by atoms with E-state index in [4.69, 9.17) is 5.73 Å². The van der Waals surface area contributed by atoms with Gasteiger partial charge in [-0.3, -0.25) is 0 Å². The highest BCUT2D eigenvalue weighted by molar-refractivity contribution is 5.82. The fourth-order valence-electron chi connectivity index (χ4n) is 2.82. The van der Waals surface area contributed by atoms with Crippen molar-refractivity contribution in [2.24, 2.45) is 5.73 Å². The summed E-state index contributed by atoms with van der Waals surface area (Å²) >= 11 is 0. The van der Waals surface area contributed by atoms with Gasteiger partial charge in [0.2, 0.25) is 0 Å². The molecule has 1 aromatic rings. The first-order valence-corrected chi connectivity index (χ1v) is 7.41. The first-order chi connectivity index (χ1) is 10.0. The van der Waals surface area contributed by atoms with Crippen LogP contribution in [0.15, 0.2) is 17.7 Å². The van der Waals surface area contributed by atoms with E-state index in [2.05, 4.69) is 6.92 Å². The Morgan fingerprint density at radius 1 is 1.33 bits per heavy atom. The molecule has 116 valence electrons. The Labute approximate surface area is 124 Å². The molecule has 0 spiro atoms. The number of benzene rings is 1. The molecular weight excluding hydrogens is 271 g/mol. The molecule has 0 bridgehead atoms. The number of unbranched alkanes of at least 4 members (excludes halogenated alkanes) is 1. The maximum Gasteiger partial charge on any atom is 0.151 e. The summed E-state index contributed by atoms with van der Waals surface area (Å²) in [7, 11) is 0. The number of nitrogens with two attached hydrogens (primary N) is 1. The van der Waals surface area contributed by atoms with E-state index in [1.54, 1.807) is 11.0 Å². The van der Waals surface area contributed by atoms with Crippen molar-refractivity contribution >= 4 is 11.4 Å². The SMILES string of the molecule is CCCCC1=C(N)c2c(F)cc(CO)cc2N(CC)[C@H]1O. The van der Waals surface area contributed by atoms with Gasteiger partial charge in [-0.15, -0.1) is 0 Å². The minimum Gasteiger partial charge on any atom is -0.398 e. The van der Waals surface area contributed by atoms with Crippen LogP contribution in [0.1, 0.15) is 44.2 Å². The number of rotatable bonds is 5. The predicted octanol–water partition coefficient (Wildman–Crippen LogP) is 2.34. The number of hydrogen-bond acceptors (Lipinski definition) is 4. The summed E-state index contributed by atoms with van der Waals surface area (Å²) in [5, 5.41) is 19.8. The molecular formula is C16H23FN2O2. The van der Waals surface area contributed by atoms with Crippen LogP contribution < -0.4 is 10.6 Å². The second kappa shape index (κ2) is 6.45. The number of halogens is 1. The summed E-state index contributed by atoms with van der Waals surface area (Å²) in [5.74, 6) is -0.451. The zero-order valence-electron chi connectivity index (χ0n) is 12.6. The molecule has 1 atom stereocenters. The van der Waals surface area contributed by atoms with Crippen LogP contribution in [0.2, 0.25) is 0 Å². The molecule has 2 rings (SSSR count). The topological polar surface area (TPSA) is 69.7 Å². The van der Waals surface area contributed by atoms with Gasteiger partial charge in [0.05, 0.1) is 17.9 Å². The average molecular weight is 294 g/mol. The third-order valence-corrected chi connectivity index (χ3v) is 3.98. The molecule has 1 aliphatic heterocycles. The second-order valence-electron chi connectivity index (χ2n) is 5.33. The lowest BCUT2D eigenvalue weighted by molar-refractivity contribution is 0.199. The Hall–Kier alpha value is -1.59. The standard InChI is InChI=1S/C16H23FN2O2/c1-3-5-6-11-15(18)14-12(17)7-10(9-20)8-13(14)19(4-2)16(11)21/h7-8,16,20-21H,3-6,9,18H2,1-2H3/t16-/m0/s1. The highest BCUT2D eigenvalue weighted by Crippen LogP contribution is 2.39. The molecule has 1 aromatic carbocycles. The van der Waals surface area contributed by atoms with Gasteiger partial charge >= 0.3 is 0 Å². The lowest BCUT2D eigenvalue weighted by Crippen LogP contribution is -2.41. The molecule has 0 unspecified atom stereocenters. The summed E-state index contributed by atoms with van der Waals surface area (Å²) in [5.41, 5.74) is 8.50. The zero-order chi connectivity index (χ0) is 15.6. The smallest absolute Gasteiger partial charge is 0.151 e. The summed E-state index contributed by atoms with van der Waals surface area (Å²) in [4.78, 5) is 1.72. The van der Waals surface area contributed by atoms with Crippen molar-refractivity contribution in [2.75, 3.05) is 11.4 Å². The monoisotopic (exact) mass is 294 g/mol. The number of aliphatic hydroxyl groups is 2. The maximum absolute atomic E-state index is 14.4. The van der Waals surface area contributed by atoms with Crippen molar-refractivity contribution in [3.63, 3.8) is 0 Å². The minimum atomic E-state index is -0.831. The van der Waals surface area contributed by atoms with E-state index in [-0.39, 0.29) is 6.61 Å². The normalized spacial score (nSPS) is 18.1. The van der Waals surface area contributed by atoms with Gasteiger partial charge in [0.1, 0.15) is 5.82 Å². The maximum atomic E-state index is 14.4. The van der Waals surface area contributed by atoms with E-state index in [0.29, 0.717) is 41.1 Å². The number of nitrogens with zero attached hydrogens (tertiary/aromatic N) is 1. The Bertz CT molecular complexity index is 557. The molecule has 0 aromatic heterocycles. The van der Waals surface area contributed by atoms with E-state index in [9.17, 15) is 14.6 Å². The van der Waals surface area contributed by atoms with Crippen LogP contribution in [0.4, 0.5) is 10.1 Å². The Balaban J connectivity index is 2.60. The molecule has 1 heterocycles. The van der Waals surface area contributed by atoms with Gasteiger partial charge in [0.15, 0.2) is 6.23 Å². The van der Waals surface area contributed by atoms with Crippen LogP contribution in [-0.4, -0.2) is 23.0 Å². The largest absolute Gasteiger partial charge is 0.398 e. The number of aliphatic hydroxyl groups excluding tert-OH is 2. The summed E-state index contributed by atoms with van der Waals surface area (Å²) < 4.78 is 14.4. The highest BCUT2D eigenvalue weighted by Gasteiger charge is 2.31. The van der Waals surface area contributed by atoms with Crippen molar-refractivity contribution in [1.29, 1.82) is 0 Å². The van der Waals surface area contributed by atoms with E-state index in [0.717, 1.165) is 12.8 Å². The van der Waals surface area contributed by atoms with E-state index in [1.807, 2.05) is 6.92 Å². The van der Waals surface area contributed by atoms with Gasteiger partial charge in [0.25, 0.3) is 0 Å². The van der Waals surface area contributed by atoms with Crippen LogP contribution in [-0.2, 0) is 6.61 Å². The molecule has 5 heteroatoms. The molecule has 0 aliphatic carbocycles. The average Bonchev–Trinajstić information content (AvgIpc) is 2.46. The quantitative estimate of drug-likeness (QED) is 0.779. The second-order valence-corrected chi connectivity index (χ2v) is 5.33. The molecule has 0 saturated carbocycles. The lowest BCUT2D eigenvalue weighted by atomic mass is 9.92. The van der Waals surface area contributed by atoms with E-state index in [1.165, 1.54) is 6.07 Å². The fourth-order valence-corrected chi connectivity index (χ4v) is 2.82. The highest BCUT2D eigenvalue weighted by atomic mass is 19.1. The number of likely N-dealkylation sites (N-methyl/N-ethyl adjacent to an activating group) is 1. The van der Waals surface area contributed by atoms with Gasteiger partial charge in [-0.1, -0.05) is 13.3 Å². The first kappa shape index (κ1) is 15.8. The molecule has 4 N–H and O–H groups in total. The Morgan fingerprint density at radius 2 is 2.05 bits per heavy atom. The van der Waals surface area contributed by atoms with Crippen LogP contribution in [0.25, 0.3) is 5.70 Å². The van der Waals surface area contributed by atoms with E-state index >= 15 is 0 Å². The van der Waals surface area contributed by atoms with Crippen LogP contribution in [0.5, 0.6) is 0 Å². The van der Waals surface area contributed by atoms with Crippen molar-refractivity contribution in [2.45, 2.75) is 45.9 Å². The van der Waals surface area contributed by atoms with Crippen LogP contribution in [0, 0.1) is 5.82 Å². The molecule has 0 fully saturated rings. The number of anilines is 1. The predicted molar refractivity (Wildman–Crippen MR) is 82.0 cm³/mol. The van der Waals surface area contributed by atoms with Crippen LogP contribution in [0.3, 0.4) is 0 Å². The van der Waals surface area contributed by atoms with Crippen LogP contribution >= 0.6 is 0 Å². The van der Waals surface area contributed by atoms with Gasteiger partial charge in [-0.05, 0) is 37.5 Å².